The van der Waals surface area contributed by atoms with Crippen LogP contribution in [0.3, 0.4) is 0 Å². The van der Waals surface area contributed by atoms with Crippen molar-refractivity contribution in [3.63, 3.8) is 0 Å². The van der Waals surface area contributed by atoms with Crippen molar-refractivity contribution >= 4 is 11.6 Å². The third-order valence-corrected chi connectivity index (χ3v) is 2.91. The van der Waals surface area contributed by atoms with Crippen LogP contribution < -0.4 is 10.6 Å². The number of unbranched alkanes of at least 4 members (excludes halogenated alkanes) is 2. The molecule has 1 aromatic carbocycles. The first-order valence-corrected chi connectivity index (χ1v) is 6.72. The van der Waals surface area contributed by atoms with Crippen LogP contribution in [0.2, 0.25) is 0 Å². The van der Waals surface area contributed by atoms with E-state index in [1.54, 1.807) is 4.90 Å². The van der Waals surface area contributed by atoms with Crippen LogP contribution >= 0.6 is 0 Å². The van der Waals surface area contributed by atoms with Crippen molar-refractivity contribution in [2.24, 2.45) is 5.73 Å². The van der Waals surface area contributed by atoms with E-state index in [0.717, 1.165) is 24.9 Å². The Morgan fingerprint density at radius 3 is 2.58 bits per heavy atom. The Bertz CT molecular complexity index is 411. The second-order valence-corrected chi connectivity index (χ2v) is 4.39. The number of nitriles is 1. The molecule has 0 spiro atoms. The van der Waals surface area contributed by atoms with Crippen LogP contribution in [0.25, 0.3) is 0 Å². The van der Waals surface area contributed by atoms with E-state index >= 15 is 0 Å². The summed E-state index contributed by atoms with van der Waals surface area (Å²) in [4.78, 5) is 13.9. The summed E-state index contributed by atoms with van der Waals surface area (Å²) in [5.41, 5.74) is 6.29. The van der Waals surface area contributed by atoms with Gasteiger partial charge in [-0.1, -0.05) is 24.6 Å². The number of hydrogen-bond donors (Lipinski definition) is 1. The number of nitrogens with two attached hydrogens (primary N) is 1. The van der Waals surface area contributed by atoms with Crippen molar-refractivity contribution in [3.8, 4) is 6.07 Å². The Labute approximate surface area is 114 Å². The molecule has 0 heterocycles. The van der Waals surface area contributed by atoms with Crippen LogP contribution in [0.5, 0.6) is 0 Å². The van der Waals surface area contributed by atoms with E-state index in [4.69, 9.17) is 11.0 Å². The van der Waals surface area contributed by atoms with E-state index in [2.05, 4.69) is 6.07 Å². The lowest BCUT2D eigenvalue weighted by molar-refractivity contribution is -0.118. The summed E-state index contributed by atoms with van der Waals surface area (Å²) in [6.45, 7) is 1.13. The molecule has 0 unspecified atom stereocenters. The molecule has 0 saturated heterocycles. The molecular formula is C15H21N3O. The lowest BCUT2D eigenvalue weighted by Crippen LogP contribution is -2.31. The first-order chi connectivity index (χ1) is 9.29. The fourth-order valence-corrected chi connectivity index (χ4v) is 1.90. The maximum atomic E-state index is 12.2. The van der Waals surface area contributed by atoms with Crippen LogP contribution in [-0.2, 0) is 4.79 Å². The van der Waals surface area contributed by atoms with E-state index in [9.17, 15) is 4.79 Å². The van der Waals surface area contributed by atoms with Gasteiger partial charge in [-0.3, -0.25) is 4.79 Å². The van der Waals surface area contributed by atoms with Gasteiger partial charge in [0.2, 0.25) is 5.91 Å². The highest BCUT2D eigenvalue weighted by atomic mass is 16.2. The van der Waals surface area contributed by atoms with Crippen LogP contribution in [0, 0.1) is 11.3 Å². The Morgan fingerprint density at radius 1 is 1.21 bits per heavy atom. The van der Waals surface area contributed by atoms with E-state index < -0.39 is 0 Å². The molecule has 1 aromatic rings. The smallest absolute Gasteiger partial charge is 0.227 e. The number of carbonyl (C=O) groups excluding carboxylic acids is 1. The third-order valence-electron chi connectivity index (χ3n) is 2.91. The lowest BCUT2D eigenvalue weighted by atomic mass is 10.1. The second-order valence-electron chi connectivity index (χ2n) is 4.39. The summed E-state index contributed by atoms with van der Waals surface area (Å²) in [5, 5.41) is 8.69. The Kier molecular flexibility index (Phi) is 7.30. The Balaban J connectivity index is 2.59. The molecule has 0 saturated carbocycles. The zero-order valence-corrected chi connectivity index (χ0v) is 11.2. The van der Waals surface area contributed by atoms with Gasteiger partial charge in [0.1, 0.15) is 0 Å². The van der Waals surface area contributed by atoms with Gasteiger partial charge in [0.05, 0.1) is 12.5 Å². The molecule has 19 heavy (non-hydrogen) atoms. The van der Waals surface area contributed by atoms with E-state index in [1.165, 1.54) is 0 Å². The molecule has 102 valence electrons. The van der Waals surface area contributed by atoms with Crippen LogP contribution in [0.15, 0.2) is 30.3 Å². The number of carbonyl (C=O) groups is 1. The van der Waals surface area contributed by atoms with Gasteiger partial charge in [0, 0.05) is 18.7 Å². The third kappa shape index (κ3) is 5.54. The minimum absolute atomic E-state index is 0.0819. The van der Waals surface area contributed by atoms with Crippen molar-refractivity contribution < 1.29 is 4.79 Å². The highest BCUT2D eigenvalue weighted by molar-refractivity contribution is 5.93. The normalized spacial score (nSPS) is 9.89. The quantitative estimate of drug-likeness (QED) is 0.729. The van der Waals surface area contributed by atoms with E-state index in [-0.39, 0.29) is 5.91 Å². The predicted molar refractivity (Wildman–Crippen MR) is 76.5 cm³/mol. The number of nitrogens with zero attached hydrogens (tertiary/aromatic N) is 2. The molecule has 0 radical (unpaired) electrons. The minimum atomic E-state index is 0.0819. The Morgan fingerprint density at radius 2 is 1.95 bits per heavy atom. The second kappa shape index (κ2) is 9.12. The maximum Gasteiger partial charge on any atom is 0.227 e. The van der Waals surface area contributed by atoms with Gasteiger partial charge >= 0.3 is 0 Å². The van der Waals surface area contributed by atoms with Crippen LogP contribution in [-0.4, -0.2) is 19.0 Å². The molecule has 0 aliphatic carbocycles. The van der Waals surface area contributed by atoms with Crippen LogP contribution in [0.4, 0.5) is 5.69 Å². The van der Waals surface area contributed by atoms with Gasteiger partial charge in [-0.05, 0) is 31.5 Å². The summed E-state index contributed by atoms with van der Waals surface area (Å²) in [5.74, 6) is 0.0819. The highest BCUT2D eigenvalue weighted by Crippen LogP contribution is 2.16. The molecule has 0 aliphatic heterocycles. The molecule has 1 amide bonds. The average molecular weight is 259 g/mol. The molecule has 0 atom stereocenters. The van der Waals surface area contributed by atoms with Crippen molar-refractivity contribution in [3.05, 3.63) is 30.3 Å². The summed E-state index contributed by atoms with van der Waals surface area (Å²) in [6, 6.07) is 11.6. The lowest BCUT2D eigenvalue weighted by Gasteiger charge is -2.21. The number of anilines is 1. The molecule has 4 heteroatoms. The first kappa shape index (κ1) is 15.2. The summed E-state index contributed by atoms with van der Waals surface area (Å²) >= 11 is 0. The summed E-state index contributed by atoms with van der Waals surface area (Å²) in [7, 11) is 0. The van der Waals surface area contributed by atoms with Gasteiger partial charge < -0.3 is 10.6 Å². The first-order valence-electron chi connectivity index (χ1n) is 6.72. The zero-order chi connectivity index (χ0) is 13.9. The van der Waals surface area contributed by atoms with E-state index in [0.29, 0.717) is 25.9 Å². The molecular weight excluding hydrogens is 238 g/mol. The Hall–Kier alpha value is -1.86. The largest absolute Gasteiger partial charge is 0.330 e. The number of amides is 1. The molecule has 0 fully saturated rings. The zero-order valence-electron chi connectivity index (χ0n) is 11.2. The van der Waals surface area contributed by atoms with Gasteiger partial charge in [-0.2, -0.15) is 5.26 Å². The molecule has 1 rings (SSSR count). The predicted octanol–water partition coefficient (Wildman–Crippen LogP) is 2.45. The number of hydrogen-bond acceptors (Lipinski definition) is 3. The molecule has 4 nitrogen and oxygen atoms in total. The van der Waals surface area contributed by atoms with Crippen molar-refractivity contribution in [2.75, 3.05) is 18.0 Å². The fraction of sp³-hybridized carbons (Fsp3) is 0.467. The molecule has 0 aliphatic rings. The molecule has 2 N–H and O–H groups in total. The van der Waals surface area contributed by atoms with Gasteiger partial charge in [-0.15, -0.1) is 0 Å². The number of benzene rings is 1. The molecule has 0 aromatic heterocycles. The standard InChI is InChI=1S/C15H21N3O/c16-11-6-2-5-10-15(19)18(13-7-12-17)14-8-3-1-4-9-14/h1,3-4,8-9H,2,5-7,10-11,13,16H2. The number of rotatable bonds is 8. The highest BCUT2D eigenvalue weighted by Gasteiger charge is 2.14. The summed E-state index contributed by atoms with van der Waals surface area (Å²) in [6.07, 6.45) is 3.65. The minimum Gasteiger partial charge on any atom is -0.330 e. The van der Waals surface area contributed by atoms with Crippen molar-refractivity contribution in [1.29, 1.82) is 5.26 Å². The van der Waals surface area contributed by atoms with Crippen LogP contribution in [0.1, 0.15) is 32.1 Å². The van der Waals surface area contributed by atoms with Crippen molar-refractivity contribution in [2.45, 2.75) is 32.1 Å². The SMILES string of the molecule is N#CCCN(C(=O)CCCCCN)c1ccccc1. The van der Waals surface area contributed by atoms with Gasteiger partial charge in [-0.25, -0.2) is 0 Å². The van der Waals surface area contributed by atoms with Crippen molar-refractivity contribution in [1.82, 2.24) is 0 Å². The average Bonchev–Trinajstić information content (AvgIpc) is 2.45. The number of para-hydroxylation sites is 1. The fourth-order valence-electron chi connectivity index (χ4n) is 1.90. The van der Waals surface area contributed by atoms with E-state index in [1.807, 2.05) is 30.3 Å². The van der Waals surface area contributed by atoms with Gasteiger partial charge in [0.25, 0.3) is 0 Å². The monoisotopic (exact) mass is 259 g/mol. The maximum absolute atomic E-state index is 12.2. The van der Waals surface area contributed by atoms with Gasteiger partial charge in [0.15, 0.2) is 0 Å². The molecule has 0 bridgehead atoms. The summed E-state index contributed by atoms with van der Waals surface area (Å²) < 4.78 is 0. The topological polar surface area (TPSA) is 70.1 Å².